The third-order valence-electron chi connectivity index (χ3n) is 5.44. The number of rotatable bonds is 5. The summed E-state index contributed by atoms with van der Waals surface area (Å²) in [6.45, 7) is 5.31. The van der Waals surface area contributed by atoms with Crippen LogP contribution in [0.25, 0.3) is 0 Å². The van der Waals surface area contributed by atoms with Crippen LogP contribution in [-0.4, -0.2) is 36.3 Å². The van der Waals surface area contributed by atoms with E-state index >= 15 is 0 Å². The molecule has 166 valence electrons. The summed E-state index contributed by atoms with van der Waals surface area (Å²) in [6.07, 6.45) is -3.37. The molecule has 0 radical (unpaired) electrons. The zero-order chi connectivity index (χ0) is 22.6. The Kier molecular flexibility index (Phi) is 7.00. The number of hydrogen-bond acceptors (Lipinski definition) is 3. The van der Waals surface area contributed by atoms with Crippen LogP contribution in [0.1, 0.15) is 29.5 Å². The van der Waals surface area contributed by atoms with Gasteiger partial charge in [0.1, 0.15) is 0 Å². The Morgan fingerprint density at radius 1 is 1.03 bits per heavy atom. The molecule has 2 aromatic rings. The molecule has 1 fully saturated rings. The number of amides is 2. The minimum Gasteiger partial charge on any atom is -0.326 e. The maximum absolute atomic E-state index is 12.8. The van der Waals surface area contributed by atoms with Crippen molar-refractivity contribution in [3.63, 3.8) is 0 Å². The third kappa shape index (κ3) is 6.30. The van der Waals surface area contributed by atoms with E-state index in [-0.39, 0.29) is 30.0 Å². The SMILES string of the molecule is Cc1ccc(NC(=O)CN2CCC(C(=O)Nc3cccc(C(F)(F)F)c3)CC2)c(C)c1. The zero-order valence-electron chi connectivity index (χ0n) is 17.6. The van der Waals surface area contributed by atoms with Crippen molar-refractivity contribution >= 4 is 23.2 Å². The molecule has 1 saturated heterocycles. The van der Waals surface area contributed by atoms with Crippen LogP contribution in [0, 0.1) is 19.8 Å². The molecule has 31 heavy (non-hydrogen) atoms. The summed E-state index contributed by atoms with van der Waals surface area (Å²) >= 11 is 0. The Hall–Kier alpha value is -2.87. The quantitative estimate of drug-likeness (QED) is 0.724. The summed E-state index contributed by atoms with van der Waals surface area (Å²) in [7, 11) is 0. The Morgan fingerprint density at radius 2 is 1.74 bits per heavy atom. The highest BCUT2D eigenvalue weighted by atomic mass is 19.4. The summed E-state index contributed by atoms with van der Waals surface area (Å²) < 4.78 is 38.5. The Morgan fingerprint density at radius 3 is 2.39 bits per heavy atom. The Bertz CT molecular complexity index is 951. The summed E-state index contributed by atoms with van der Waals surface area (Å²) in [6, 6.07) is 10.4. The maximum Gasteiger partial charge on any atom is 0.416 e. The van der Waals surface area contributed by atoms with Crippen molar-refractivity contribution in [2.45, 2.75) is 32.9 Å². The highest BCUT2D eigenvalue weighted by molar-refractivity contribution is 5.93. The van der Waals surface area contributed by atoms with E-state index in [1.807, 2.05) is 36.9 Å². The second-order valence-electron chi connectivity index (χ2n) is 7.98. The number of halogens is 3. The maximum atomic E-state index is 12.8. The zero-order valence-corrected chi connectivity index (χ0v) is 17.6. The molecule has 8 heteroatoms. The monoisotopic (exact) mass is 433 g/mol. The minimum absolute atomic E-state index is 0.112. The van der Waals surface area contributed by atoms with Gasteiger partial charge in [0, 0.05) is 17.3 Å². The molecular formula is C23H26F3N3O2. The molecule has 0 bridgehead atoms. The normalized spacial score (nSPS) is 15.5. The van der Waals surface area contributed by atoms with Crippen molar-refractivity contribution in [1.82, 2.24) is 4.90 Å². The minimum atomic E-state index is -4.45. The molecule has 0 aliphatic carbocycles. The molecule has 1 aliphatic rings. The molecule has 2 N–H and O–H groups in total. The van der Waals surface area contributed by atoms with Crippen molar-refractivity contribution in [3.05, 3.63) is 59.2 Å². The lowest BCUT2D eigenvalue weighted by Crippen LogP contribution is -2.41. The van der Waals surface area contributed by atoms with Crippen molar-refractivity contribution in [1.29, 1.82) is 0 Å². The number of likely N-dealkylation sites (tertiary alicyclic amines) is 1. The fourth-order valence-corrected chi connectivity index (χ4v) is 3.72. The first-order chi connectivity index (χ1) is 14.6. The highest BCUT2D eigenvalue weighted by Gasteiger charge is 2.31. The average molecular weight is 433 g/mol. The largest absolute Gasteiger partial charge is 0.416 e. The van der Waals surface area contributed by atoms with Gasteiger partial charge in [-0.3, -0.25) is 14.5 Å². The molecular weight excluding hydrogens is 407 g/mol. The van der Waals surface area contributed by atoms with E-state index in [2.05, 4.69) is 10.6 Å². The van der Waals surface area contributed by atoms with Crippen LogP contribution in [0.15, 0.2) is 42.5 Å². The molecule has 3 rings (SSSR count). The Labute approximate surface area is 179 Å². The number of carbonyl (C=O) groups is 2. The molecule has 0 aromatic heterocycles. The van der Waals surface area contributed by atoms with Gasteiger partial charge in [0.25, 0.3) is 0 Å². The van der Waals surface area contributed by atoms with Crippen LogP contribution in [0.5, 0.6) is 0 Å². The lowest BCUT2D eigenvalue weighted by atomic mass is 9.95. The topological polar surface area (TPSA) is 61.4 Å². The van der Waals surface area contributed by atoms with Crippen molar-refractivity contribution in [2.75, 3.05) is 30.3 Å². The third-order valence-corrected chi connectivity index (χ3v) is 5.44. The van der Waals surface area contributed by atoms with E-state index in [4.69, 9.17) is 0 Å². The van der Waals surface area contributed by atoms with Crippen LogP contribution in [0.3, 0.4) is 0 Å². The average Bonchev–Trinajstić information content (AvgIpc) is 2.70. The van der Waals surface area contributed by atoms with Crippen molar-refractivity contribution in [2.24, 2.45) is 5.92 Å². The van der Waals surface area contributed by atoms with E-state index in [9.17, 15) is 22.8 Å². The molecule has 0 atom stereocenters. The lowest BCUT2D eigenvalue weighted by molar-refractivity contribution is -0.137. The second kappa shape index (κ2) is 9.51. The number of alkyl halides is 3. The molecule has 2 amide bonds. The van der Waals surface area contributed by atoms with Crippen molar-refractivity contribution < 1.29 is 22.8 Å². The lowest BCUT2D eigenvalue weighted by Gasteiger charge is -2.30. The predicted octanol–water partition coefficient (Wildman–Crippen LogP) is 4.61. The molecule has 0 saturated carbocycles. The van der Waals surface area contributed by atoms with Gasteiger partial charge in [-0.15, -0.1) is 0 Å². The molecule has 2 aromatic carbocycles. The van der Waals surface area contributed by atoms with Crippen molar-refractivity contribution in [3.8, 4) is 0 Å². The van der Waals surface area contributed by atoms with Gasteiger partial charge in [-0.25, -0.2) is 0 Å². The van der Waals surface area contributed by atoms with Gasteiger partial charge in [-0.05, 0) is 69.6 Å². The number of nitrogens with zero attached hydrogens (tertiary/aromatic N) is 1. The van der Waals surface area contributed by atoms with Gasteiger partial charge in [0.15, 0.2) is 0 Å². The van der Waals surface area contributed by atoms with E-state index < -0.39 is 11.7 Å². The first-order valence-electron chi connectivity index (χ1n) is 10.2. The van der Waals surface area contributed by atoms with Gasteiger partial charge in [0.2, 0.25) is 11.8 Å². The second-order valence-corrected chi connectivity index (χ2v) is 7.98. The van der Waals surface area contributed by atoms with E-state index in [0.29, 0.717) is 25.9 Å². The van der Waals surface area contributed by atoms with E-state index in [1.54, 1.807) is 0 Å². The van der Waals surface area contributed by atoms with E-state index in [1.165, 1.54) is 12.1 Å². The summed E-state index contributed by atoms with van der Waals surface area (Å²) in [5, 5.41) is 5.50. The van der Waals surface area contributed by atoms with Crippen LogP contribution in [0.2, 0.25) is 0 Å². The highest BCUT2D eigenvalue weighted by Crippen LogP contribution is 2.31. The smallest absolute Gasteiger partial charge is 0.326 e. The summed E-state index contributed by atoms with van der Waals surface area (Å²) in [4.78, 5) is 26.8. The summed E-state index contributed by atoms with van der Waals surface area (Å²) in [5.41, 5.74) is 2.25. The Balaban J connectivity index is 1.48. The fraction of sp³-hybridized carbons (Fsp3) is 0.391. The van der Waals surface area contributed by atoms with Crippen LogP contribution >= 0.6 is 0 Å². The van der Waals surface area contributed by atoms with Gasteiger partial charge >= 0.3 is 6.18 Å². The number of benzene rings is 2. The molecule has 0 spiro atoms. The molecule has 1 heterocycles. The van der Waals surface area contributed by atoms with Gasteiger partial charge < -0.3 is 10.6 Å². The molecule has 5 nitrogen and oxygen atoms in total. The molecule has 0 unspecified atom stereocenters. The number of nitrogens with one attached hydrogen (secondary N) is 2. The van der Waals surface area contributed by atoms with Gasteiger partial charge in [0.05, 0.1) is 12.1 Å². The molecule has 1 aliphatic heterocycles. The number of hydrogen-bond donors (Lipinski definition) is 2. The predicted molar refractivity (Wildman–Crippen MR) is 114 cm³/mol. The van der Waals surface area contributed by atoms with Gasteiger partial charge in [-0.1, -0.05) is 23.8 Å². The van der Waals surface area contributed by atoms with Crippen LogP contribution < -0.4 is 10.6 Å². The van der Waals surface area contributed by atoms with Crippen LogP contribution in [-0.2, 0) is 15.8 Å². The fourth-order valence-electron chi connectivity index (χ4n) is 3.72. The number of carbonyl (C=O) groups excluding carboxylic acids is 2. The van der Waals surface area contributed by atoms with Crippen LogP contribution in [0.4, 0.5) is 24.5 Å². The number of aryl methyl sites for hydroxylation is 2. The van der Waals surface area contributed by atoms with Gasteiger partial charge in [-0.2, -0.15) is 13.2 Å². The van der Waals surface area contributed by atoms with E-state index in [0.717, 1.165) is 28.9 Å². The number of piperidine rings is 1. The number of anilines is 2. The standard InChI is InChI=1S/C23H26F3N3O2/c1-15-6-7-20(16(2)12-15)28-21(30)14-29-10-8-17(9-11-29)22(31)27-19-5-3-4-18(13-19)23(24,25)26/h3-7,12-13,17H,8-11,14H2,1-2H3,(H,27,31)(H,28,30). The summed E-state index contributed by atoms with van der Waals surface area (Å²) in [5.74, 6) is -0.703. The first-order valence-corrected chi connectivity index (χ1v) is 10.2. The first kappa shape index (κ1) is 22.8.